The maximum Gasteiger partial charge on any atom is 0.288 e. The van der Waals surface area contributed by atoms with Gasteiger partial charge in [-0.3, -0.25) is 10.1 Å². The molecule has 0 radical (unpaired) electrons. The molecule has 1 aliphatic carbocycles. The average Bonchev–Trinajstić information content (AvgIpc) is 3.18. The number of nitro benzene ring substituents is 1. The normalized spacial score (nSPS) is 22.3. The van der Waals surface area contributed by atoms with Crippen LogP contribution in [0.2, 0.25) is 5.02 Å². The van der Waals surface area contributed by atoms with Crippen LogP contribution in [0.1, 0.15) is 29.5 Å². The molecule has 0 fully saturated rings. The molecule has 1 heterocycles. The first kappa shape index (κ1) is 18.8. The first-order valence-corrected chi connectivity index (χ1v) is 9.59. The lowest BCUT2D eigenvalue weighted by molar-refractivity contribution is -0.384. The molecule has 1 N–H and O–H groups in total. The standard InChI is InChI=1S/C21H21ClN2O4/c1-27-9-10-28-14-6-8-19-17(12-14)15-3-2-4-16(15)21(23-19)13-5-7-18(22)20(11-13)24(25)26/h2-3,5-8,11-12,15-16,21,23H,4,9-10H2,1H3. The Hall–Kier alpha value is -2.57. The van der Waals surface area contributed by atoms with Crippen LogP contribution in [-0.2, 0) is 4.74 Å². The van der Waals surface area contributed by atoms with Gasteiger partial charge in [-0.05, 0) is 47.7 Å². The van der Waals surface area contributed by atoms with Crippen molar-refractivity contribution >= 4 is 23.0 Å². The summed E-state index contributed by atoms with van der Waals surface area (Å²) in [4.78, 5) is 10.9. The zero-order chi connectivity index (χ0) is 19.7. The van der Waals surface area contributed by atoms with Crippen LogP contribution in [-0.4, -0.2) is 25.2 Å². The van der Waals surface area contributed by atoms with Crippen molar-refractivity contribution in [2.75, 3.05) is 25.6 Å². The molecule has 0 aromatic heterocycles. The zero-order valence-electron chi connectivity index (χ0n) is 15.4. The highest BCUT2D eigenvalue weighted by Gasteiger charge is 2.38. The van der Waals surface area contributed by atoms with E-state index in [1.807, 2.05) is 18.2 Å². The lowest BCUT2D eigenvalue weighted by Gasteiger charge is -2.37. The van der Waals surface area contributed by atoms with Gasteiger partial charge in [-0.2, -0.15) is 0 Å². The molecule has 0 amide bonds. The summed E-state index contributed by atoms with van der Waals surface area (Å²) < 4.78 is 10.8. The molecule has 0 spiro atoms. The van der Waals surface area contributed by atoms with Gasteiger partial charge in [0.15, 0.2) is 0 Å². The molecule has 2 aromatic rings. The predicted octanol–water partition coefficient (Wildman–Crippen LogP) is 5.10. The van der Waals surface area contributed by atoms with E-state index < -0.39 is 4.92 Å². The number of anilines is 1. The smallest absolute Gasteiger partial charge is 0.288 e. The summed E-state index contributed by atoms with van der Waals surface area (Å²) in [5.74, 6) is 1.33. The molecule has 28 heavy (non-hydrogen) atoms. The SMILES string of the molecule is COCCOc1ccc2c(c1)C1C=CCC1C(c1ccc(Cl)c([N+](=O)[O-])c1)N2. The summed E-state index contributed by atoms with van der Waals surface area (Å²) in [6.45, 7) is 1.04. The highest BCUT2D eigenvalue weighted by molar-refractivity contribution is 6.32. The van der Waals surface area contributed by atoms with E-state index in [2.05, 4.69) is 23.5 Å². The number of hydrogen-bond acceptors (Lipinski definition) is 5. The van der Waals surface area contributed by atoms with Gasteiger partial charge in [0.05, 0.1) is 17.6 Å². The molecule has 2 aliphatic rings. The first-order valence-electron chi connectivity index (χ1n) is 9.21. The second kappa shape index (κ2) is 7.81. The second-order valence-electron chi connectivity index (χ2n) is 7.03. The Balaban J connectivity index is 1.66. The molecule has 0 bridgehead atoms. The van der Waals surface area contributed by atoms with Crippen LogP contribution < -0.4 is 10.1 Å². The molecule has 0 saturated heterocycles. The third kappa shape index (κ3) is 3.45. The highest BCUT2D eigenvalue weighted by Crippen LogP contribution is 2.51. The number of ether oxygens (including phenoxy) is 2. The molecule has 6 nitrogen and oxygen atoms in total. The van der Waals surface area contributed by atoms with E-state index >= 15 is 0 Å². The number of hydrogen-bond donors (Lipinski definition) is 1. The van der Waals surface area contributed by atoms with Crippen molar-refractivity contribution in [2.24, 2.45) is 5.92 Å². The number of nitro groups is 1. The molecule has 3 unspecified atom stereocenters. The van der Waals surface area contributed by atoms with E-state index in [0.717, 1.165) is 23.4 Å². The minimum atomic E-state index is -0.434. The molecule has 2 aromatic carbocycles. The fourth-order valence-electron chi connectivity index (χ4n) is 4.10. The Labute approximate surface area is 168 Å². The Morgan fingerprint density at radius 1 is 1.25 bits per heavy atom. The van der Waals surface area contributed by atoms with Gasteiger partial charge in [0.2, 0.25) is 0 Å². The largest absolute Gasteiger partial charge is 0.491 e. The monoisotopic (exact) mass is 400 g/mol. The second-order valence-corrected chi connectivity index (χ2v) is 7.44. The van der Waals surface area contributed by atoms with Crippen LogP contribution in [0.5, 0.6) is 5.75 Å². The number of halogens is 1. The van der Waals surface area contributed by atoms with Crippen LogP contribution in [0.25, 0.3) is 0 Å². The van der Waals surface area contributed by atoms with Crippen LogP contribution in [0.4, 0.5) is 11.4 Å². The van der Waals surface area contributed by atoms with E-state index in [-0.39, 0.29) is 28.6 Å². The summed E-state index contributed by atoms with van der Waals surface area (Å²) >= 11 is 5.99. The van der Waals surface area contributed by atoms with Crippen LogP contribution in [0.3, 0.4) is 0 Å². The fourth-order valence-corrected chi connectivity index (χ4v) is 4.28. The van der Waals surface area contributed by atoms with Gasteiger partial charge >= 0.3 is 0 Å². The maximum atomic E-state index is 11.3. The van der Waals surface area contributed by atoms with E-state index in [1.165, 1.54) is 5.56 Å². The molecule has 4 rings (SSSR count). The molecule has 0 saturated carbocycles. The lowest BCUT2D eigenvalue weighted by Crippen LogP contribution is -2.29. The summed E-state index contributed by atoms with van der Waals surface area (Å²) in [5.41, 5.74) is 3.03. The molecule has 146 valence electrons. The number of nitrogens with zero attached hydrogens (tertiary/aromatic N) is 1. The Morgan fingerprint density at radius 3 is 2.89 bits per heavy atom. The number of benzene rings is 2. The van der Waals surface area contributed by atoms with Gasteiger partial charge in [-0.15, -0.1) is 0 Å². The number of rotatable bonds is 6. The Kier molecular flexibility index (Phi) is 5.24. The topological polar surface area (TPSA) is 73.6 Å². The van der Waals surface area contributed by atoms with Crippen molar-refractivity contribution in [2.45, 2.75) is 18.4 Å². The summed E-state index contributed by atoms with van der Waals surface area (Å²) in [5, 5.41) is 15.0. The number of fused-ring (bicyclic) bond motifs is 3. The van der Waals surface area contributed by atoms with Crippen molar-refractivity contribution in [3.63, 3.8) is 0 Å². The van der Waals surface area contributed by atoms with Gasteiger partial charge < -0.3 is 14.8 Å². The number of allylic oxidation sites excluding steroid dienone is 2. The van der Waals surface area contributed by atoms with Crippen molar-refractivity contribution < 1.29 is 14.4 Å². The quantitative estimate of drug-likeness (QED) is 0.316. The number of methoxy groups -OCH3 is 1. The van der Waals surface area contributed by atoms with Crippen LogP contribution in [0.15, 0.2) is 48.6 Å². The molecular formula is C21H21ClN2O4. The summed E-state index contributed by atoms with van der Waals surface area (Å²) in [6, 6.07) is 11.1. The minimum absolute atomic E-state index is 0.0243. The molecule has 7 heteroatoms. The van der Waals surface area contributed by atoms with Gasteiger partial charge in [0.25, 0.3) is 5.69 Å². The molecule has 3 atom stereocenters. The van der Waals surface area contributed by atoms with Crippen molar-refractivity contribution in [3.05, 3.63) is 74.8 Å². The average molecular weight is 401 g/mol. The minimum Gasteiger partial charge on any atom is -0.491 e. The number of nitrogens with one attached hydrogen (secondary N) is 1. The van der Waals surface area contributed by atoms with Gasteiger partial charge in [-0.1, -0.05) is 29.8 Å². The van der Waals surface area contributed by atoms with Crippen molar-refractivity contribution in [1.82, 2.24) is 0 Å². The molecule has 1 aliphatic heterocycles. The maximum absolute atomic E-state index is 11.3. The highest BCUT2D eigenvalue weighted by atomic mass is 35.5. The van der Waals surface area contributed by atoms with E-state index in [1.54, 1.807) is 19.2 Å². The Bertz CT molecular complexity index is 931. The first-order chi connectivity index (χ1) is 13.6. The van der Waals surface area contributed by atoms with E-state index in [4.69, 9.17) is 21.1 Å². The third-order valence-corrected chi connectivity index (χ3v) is 5.74. The Morgan fingerprint density at radius 2 is 2.11 bits per heavy atom. The third-order valence-electron chi connectivity index (χ3n) is 5.42. The van der Waals surface area contributed by atoms with Crippen LogP contribution >= 0.6 is 11.6 Å². The van der Waals surface area contributed by atoms with Gasteiger partial charge in [0, 0.05) is 24.8 Å². The van der Waals surface area contributed by atoms with Crippen molar-refractivity contribution in [3.8, 4) is 5.75 Å². The molecular weight excluding hydrogens is 380 g/mol. The summed E-state index contributed by atoms with van der Waals surface area (Å²) in [6.07, 6.45) is 5.31. The lowest BCUT2D eigenvalue weighted by atomic mass is 9.77. The van der Waals surface area contributed by atoms with Gasteiger partial charge in [0.1, 0.15) is 17.4 Å². The van der Waals surface area contributed by atoms with Gasteiger partial charge in [-0.25, -0.2) is 0 Å². The van der Waals surface area contributed by atoms with E-state index in [0.29, 0.717) is 13.2 Å². The fraction of sp³-hybridized carbons (Fsp3) is 0.333. The van der Waals surface area contributed by atoms with Crippen LogP contribution in [0, 0.1) is 16.0 Å². The van der Waals surface area contributed by atoms with E-state index in [9.17, 15) is 10.1 Å². The predicted molar refractivity (Wildman–Crippen MR) is 108 cm³/mol. The summed E-state index contributed by atoms with van der Waals surface area (Å²) in [7, 11) is 1.65. The zero-order valence-corrected chi connectivity index (χ0v) is 16.2. The van der Waals surface area contributed by atoms with Crippen molar-refractivity contribution in [1.29, 1.82) is 0 Å².